The zero-order chi connectivity index (χ0) is 24.1. The lowest BCUT2D eigenvalue weighted by Gasteiger charge is -2.22. The summed E-state index contributed by atoms with van der Waals surface area (Å²) in [4.78, 5) is 25.6. The number of nitrogens with zero attached hydrogens (tertiary/aromatic N) is 1. The van der Waals surface area contributed by atoms with Crippen LogP contribution in [0.4, 0.5) is 0 Å². The normalized spacial score (nSPS) is 16.2. The number of rotatable bonds is 7. The Morgan fingerprint density at radius 2 is 1.74 bits per heavy atom. The number of hydrogen-bond donors (Lipinski definition) is 1. The second kappa shape index (κ2) is 10.2. The molecule has 0 saturated carbocycles. The maximum absolute atomic E-state index is 13.1. The highest BCUT2D eigenvalue weighted by Crippen LogP contribution is 2.28. The van der Waals surface area contributed by atoms with Crippen LogP contribution in [-0.4, -0.2) is 37.2 Å². The molecule has 34 heavy (non-hydrogen) atoms. The van der Waals surface area contributed by atoms with Gasteiger partial charge in [0, 0.05) is 18.7 Å². The molecule has 1 heterocycles. The summed E-state index contributed by atoms with van der Waals surface area (Å²) < 4.78 is 32.9. The van der Waals surface area contributed by atoms with Crippen LogP contribution in [0.2, 0.25) is 0 Å². The molecule has 3 aromatic carbocycles. The maximum Gasteiger partial charge on any atom is 0.329 e. The van der Waals surface area contributed by atoms with Gasteiger partial charge in [-0.1, -0.05) is 54.1 Å². The van der Waals surface area contributed by atoms with Gasteiger partial charge in [-0.25, -0.2) is 13.2 Å². The van der Waals surface area contributed by atoms with Crippen LogP contribution in [0.1, 0.15) is 34.3 Å². The van der Waals surface area contributed by atoms with E-state index in [0.29, 0.717) is 24.9 Å². The van der Waals surface area contributed by atoms with Gasteiger partial charge in [-0.05, 0) is 55.7 Å². The van der Waals surface area contributed by atoms with E-state index >= 15 is 0 Å². The zero-order valence-corrected chi connectivity index (χ0v) is 19.6. The molecule has 1 amide bonds. The van der Waals surface area contributed by atoms with E-state index in [-0.39, 0.29) is 23.1 Å². The molecule has 1 atom stereocenters. The Morgan fingerprint density at radius 1 is 1.00 bits per heavy atom. The molecule has 1 aliphatic rings. The summed E-state index contributed by atoms with van der Waals surface area (Å²) in [7, 11) is -3.83. The first-order valence-corrected chi connectivity index (χ1v) is 12.5. The van der Waals surface area contributed by atoms with Crippen LogP contribution in [0.5, 0.6) is 5.75 Å². The first-order valence-electron chi connectivity index (χ1n) is 11.1. The van der Waals surface area contributed by atoms with E-state index < -0.39 is 22.0 Å². The second-order valence-electron chi connectivity index (χ2n) is 8.20. The number of esters is 1. The summed E-state index contributed by atoms with van der Waals surface area (Å²) in [5, 5.41) is 2.83. The fraction of sp³-hybridized carbons (Fsp3) is 0.231. The van der Waals surface area contributed by atoms with Gasteiger partial charge in [-0.3, -0.25) is 4.79 Å². The first-order chi connectivity index (χ1) is 16.3. The molecule has 0 aromatic heterocycles. The molecule has 176 valence electrons. The van der Waals surface area contributed by atoms with Gasteiger partial charge in [0.05, 0.1) is 4.90 Å². The van der Waals surface area contributed by atoms with Gasteiger partial charge >= 0.3 is 5.97 Å². The van der Waals surface area contributed by atoms with E-state index in [4.69, 9.17) is 4.74 Å². The van der Waals surface area contributed by atoms with Crippen molar-refractivity contribution in [2.75, 3.05) is 6.54 Å². The lowest BCUT2D eigenvalue weighted by molar-refractivity contribution is -0.137. The number of nitrogens with one attached hydrogen (secondary N) is 1. The van der Waals surface area contributed by atoms with Gasteiger partial charge in [-0.2, -0.15) is 4.31 Å². The van der Waals surface area contributed by atoms with E-state index in [1.54, 1.807) is 42.5 Å². The number of carbonyl (C=O) groups is 2. The lowest BCUT2D eigenvalue weighted by atomic mass is 10.2. The monoisotopic (exact) mass is 478 g/mol. The van der Waals surface area contributed by atoms with Gasteiger partial charge in [0.25, 0.3) is 5.91 Å². The summed E-state index contributed by atoms with van der Waals surface area (Å²) >= 11 is 0. The highest BCUT2D eigenvalue weighted by atomic mass is 32.2. The van der Waals surface area contributed by atoms with Gasteiger partial charge in [-0.15, -0.1) is 0 Å². The highest BCUT2D eigenvalue weighted by Gasteiger charge is 2.40. The molecule has 1 aliphatic heterocycles. The molecular weight excluding hydrogens is 452 g/mol. The number of sulfonamides is 1. The Balaban J connectivity index is 1.44. The molecule has 8 heteroatoms. The van der Waals surface area contributed by atoms with Crippen LogP contribution in [-0.2, 0) is 21.4 Å². The summed E-state index contributed by atoms with van der Waals surface area (Å²) in [6, 6.07) is 21.4. The Morgan fingerprint density at radius 3 is 2.47 bits per heavy atom. The summed E-state index contributed by atoms with van der Waals surface area (Å²) in [5.41, 5.74) is 2.26. The summed E-state index contributed by atoms with van der Waals surface area (Å²) in [5.74, 6) is -0.766. The second-order valence-corrected chi connectivity index (χ2v) is 10.1. The highest BCUT2D eigenvalue weighted by molar-refractivity contribution is 7.89. The topological polar surface area (TPSA) is 92.8 Å². The summed E-state index contributed by atoms with van der Waals surface area (Å²) in [6.45, 7) is 2.50. The van der Waals surface area contributed by atoms with E-state index in [9.17, 15) is 18.0 Å². The minimum atomic E-state index is -3.83. The zero-order valence-electron chi connectivity index (χ0n) is 18.8. The standard InChI is InChI=1S/C26H26N2O5S/c1-19-12-14-23(15-13-19)34(31,32)28-16-6-11-24(28)26(30)33-22-10-5-9-21(17-22)25(29)27-18-20-7-3-2-4-8-20/h2-5,7-10,12-15,17,24H,6,11,16,18H2,1H3,(H,27,29). The van der Waals surface area contributed by atoms with Crippen molar-refractivity contribution >= 4 is 21.9 Å². The first kappa shape index (κ1) is 23.7. The average Bonchev–Trinajstić information content (AvgIpc) is 3.35. The van der Waals surface area contributed by atoms with Crippen molar-refractivity contribution in [1.29, 1.82) is 0 Å². The molecule has 4 rings (SSSR count). The van der Waals surface area contributed by atoms with Crippen LogP contribution in [0.15, 0.2) is 83.8 Å². The number of hydrogen-bond acceptors (Lipinski definition) is 5. The number of ether oxygens (including phenoxy) is 1. The predicted molar refractivity (Wildman–Crippen MR) is 128 cm³/mol. The molecule has 1 N–H and O–H groups in total. The molecule has 7 nitrogen and oxygen atoms in total. The molecule has 1 unspecified atom stereocenters. The third kappa shape index (κ3) is 5.35. The summed E-state index contributed by atoms with van der Waals surface area (Å²) in [6.07, 6.45) is 0.938. The average molecular weight is 479 g/mol. The lowest BCUT2D eigenvalue weighted by Crippen LogP contribution is -2.42. The molecule has 0 aliphatic carbocycles. The Kier molecular flexibility index (Phi) is 7.09. The maximum atomic E-state index is 13.1. The van der Waals surface area contributed by atoms with Crippen LogP contribution < -0.4 is 10.1 Å². The van der Waals surface area contributed by atoms with Crippen molar-refractivity contribution in [2.45, 2.75) is 37.2 Å². The molecule has 0 bridgehead atoms. The fourth-order valence-electron chi connectivity index (χ4n) is 3.87. The van der Waals surface area contributed by atoms with Crippen molar-refractivity contribution in [1.82, 2.24) is 9.62 Å². The molecule has 0 radical (unpaired) electrons. The number of benzene rings is 3. The van der Waals surface area contributed by atoms with Gasteiger partial charge in [0.1, 0.15) is 11.8 Å². The number of carbonyl (C=O) groups excluding carboxylic acids is 2. The minimum absolute atomic E-state index is 0.148. The van der Waals surface area contributed by atoms with E-state index in [0.717, 1.165) is 11.1 Å². The van der Waals surface area contributed by atoms with Gasteiger partial charge < -0.3 is 10.1 Å². The molecular formula is C26H26N2O5S. The van der Waals surface area contributed by atoms with Crippen LogP contribution in [0.25, 0.3) is 0 Å². The van der Waals surface area contributed by atoms with E-state index in [1.165, 1.54) is 10.4 Å². The van der Waals surface area contributed by atoms with E-state index in [2.05, 4.69) is 5.32 Å². The molecule has 1 fully saturated rings. The Hall–Kier alpha value is -3.49. The largest absolute Gasteiger partial charge is 0.425 e. The SMILES string of the molecule is Cc1ccc(S(=O)(=O)N2CCCC2C(=O)Oc2cccc(C(=O)NCc3ccccc3)c2)cc1. The van der Waals surface area contributed by atoms with E-state index in [1.807, 2.05) is 37.3 Å². The molecule has 0 spiro atoms. The smallest absolute Gasteiger partial charge is 0.329 e. The Labute approximate surface area is 199 Å². The van der Waals surface area contributed by atoms with Crippen molar-refractivity contribution in [3.8, 4) is 5.75 Å². The van der Waals surface area contributed by atoms with Crippen LogP contribution in [0, 0.1) is 6.92 Å². The van der Waals surface area contributed by atoms with Crippen molar-refractivity contribution in [3.05, 3.63) is 95.6 Å². The predicted octanol–water partition coefficient (Wildman–Crippen LogP) is 3.68. The molecule has 1 saturated heterocycles. The minimum Gasteiger partial charge on any atom is -0.425 e. The van der Waals surface area contributed by atoms with Gasteiger partial charge in [0.2, 0.25) is 10.0 Å². The third-order valence-electron chi connectivity index (χ3n) is 5.71. The fourth-order valence-corrected chi connectivity index (χ4v) is 5.52. The van der Waals surface area contributed by atoms with Crippen molar-refractivity contribution in [3.63, 3.8) is 0 Å². The van der Waals surface area contributed by atoms with Crippen molar-refractivity contribution < 1.29 is 22.7 Å². The number of aryl methyl sites for hydroxylation is 1. The van der Waals surface area contributed by atoms with Crippen LogP contribution in [0.3, 0.4) is 0 Å². The third-order valence-corrected chi connectivity index (χ3v) is 7.64. The number of amides is 1. The molecule has 3 aromatic rings. The Bertz CT molecular complexity index is 1270. The van der Waals surface area contributed by atoms with Gasteiger partial charge in [0.15, 0.2) is 0 Å². The van der Waals surface area contributed by atoms with Crippen LogP contribution >= 0.6 is 0 Å². The quantitative estimate of drug-likeness (QED) is 0.413. The van der Waals surface area contributed by atoms with Crippen molar-refractivity contribution in [2.24, 2.45) is 0 Å².